The maximum atomic E-state index is 12.6. The maximum Gasteiger partial charge on any atom is 0.338 e. The van der Waals surface area contributed by atoms with Gasteiger partial charge in [0.25, 0.3) is 0 Å². The Morgan fingerprint density at radius 1 is 0.710 bits per heavy atom. The van der Waals surface area contributed by atoms with E-state index in [-0.39, 0.29) is 12.1 Å². The lowest BCUT2D eigenvalue weighted by Crippen LogP contribution is -2.11. The minimum atomic E-state index is -0.319. The quantitative estimate of drug-likeness (QED) is 0.218. The van der Waals surface area contributed by atoms with Gasteiger partial charge >= 0.3 is 5.97 Å². The van der Waals surface area contributed by atoms with Crippen molar-refractivity contribution in [2.24, 2.45) is 0 Å². The van der Waals surface area contributed by atoms with Gasteiger partial charge in [-0.3, -0.25) is 0 Å². The molecule has 0 fully saturated rings. The normalized spacial score (nSPS) is 11.7. The number of rotatable bonds is 15. The lowest BCUT2D eigenvalue weighted by Gasteiger charge is -2.17. The molecule has 0 aliphatic rings. The van der Waals surface area contributed by atoms with Gasteiger partial charge < -0.3 is 14.2 Å². The van der Waals surface area contributed by atoms with Crippen LogP contribution in [0.1, 0.15) is 94.2 Å². The van der Waals surface area contributed by atoms with E-state index in [0.29, 0.717) is 18.6 Å². The van der Waals surface area contributed by atoms with Crippen LogP contribution in [0.4, 0.5) is 0 Å². The van der Waals surface area contributed by atoms with Gasteiger partial charge in [0, 0.05) is 0 Å². The van der Waals surface area contributed by atoms with Crippen LogP contribution in [0, 0.1) is 0 Å². The number of unbranched alkanes of at least 4 members (excludes halogenated alkanes) is 5. The minimum Gasteiger partial charge on any atom is -0.494 e. The van der Waals surface area contributed by atoms with Crippen LogP contribution < -0.4 is 9.47 Å². The number of hydrogen-bond donors (Lipinski definition) is 0. The summed E-state index contributed by atoms with van der Waals surface area (Å²) in [6.45, 7) is 7.83. The zero-order chi connectivity index (χ0) is 22.3. The zero-order valence-corrected chi connectivity index (χ0v) is 19.4. The molecule has 0 saturated heterocycles. The maximum absolute atomic E-state index is 12.6. The summed E-state index contributed by atoms with van der Waals surface area (Å²) >= 11 is 0. The summed E-state index contributed by atoms with van der Waals surface area (Å²) in [5.41, 5.74) is 1.51. The highest BCUT2D eigenvalue weighted by Gasteiger charge is 2.16. The first-order valence-electron chi connectivity index (χ1n) is 11.8. The summed E-state index contributed by atoms with van der Waals surface area (Å²) < 4.78 is 17.3. The van der Waals surface area contributed by atoms with Gasteiger partial charge in [0.15, 0.2) is 0 Å². The van der Waals surface area contributed by atoms with E-state index in [2.05, 4.69) is 13.8 Å². The Morgan fingerprint density at radius 3 is 1.77 bits per heavy atom. The van der Waals surface area contributed by atoms with E-state index in [0.717, 1.165) is 42.9 Å². The topological polar surface area (TPSA) is 44.8 Å². The van der Waals surface area contributed by atoms with E-state index in [9.17, 15) is 4.79 Å². The molecule has 2 aromatic rings. The average Bonchev–Trinajstić information content (AvgIpc) is 2.81. The molecule has 31 heavy (non-hydrogen) atoms. The molecule has 4 heteroatoms. The molecule has 0 saturated carbocycles. The summed E-state index contributed by atoms with van der Waals surface area (Å²) in [5.74, 6) is 1.32. The Kier molecular flexibility index (Phi) is 11.6. The van der Waals surface area contributed by atoms with Crippen molar-refractivity contribution in [3.8, 4) is 11.5 Å². The Bertz CT molecular complexity index is 737. The van der Waals surface area contributed by atoms with Crippen molar-refractivity contribution in [1.82, 2.24) is 0 Å². The van der Waals surface area contributed by atoms with Crippen LogP contribution >= 0.6 is 0 Å². The van der Waals surface area contributed by atoms with Crippen molar-refractivity contribution in [3.05, 3.63) is 59.7 Å². The molecule has 1 atom stereocenters. The third kappa shape index (κ3) is 9.04. The van der Waals surface area contributed by atoms with Crippen molar-refractivity contribution < 1.29 is 19.0 Å². The second kappa shape index (κ2) is 14.5. The van der Waals surface area contributed by atoms with Crippen LogP contribution in [-0.4, -0.2) is 19.2 Å². The fourth-order valence-electron chi connectivity index (χ4n) is 3.31. The highest BCUT2D eigenvalue weighted by atomic mass is 16.5. The number of hydrogen-bond acceptors (Lipinski definition) is 4. The molecular formula is C27H38O4. The van der Waals surface area contributed by atoms with Crippen molar-refractivity contribution in [1.29, 1.82) is 0 Å². The van der Waals surface area contributed by atoms with Crippen molar-refractivity contribution in [2.75, 3.05) is 13.2 Å². The van der Waals surface area contributed by atoms with Gasteiger partial charge in [-0.25, -0.2) is 4.79 Å². The van der Waals surface area contributed by atoms with E-state index in [1.807, 2.05) is 43.3 Å². The first kappa shape index (κ1) is 24.8. The fraction of sp³-hybridized carbons (Fsp3) is 0.519. The van der Waals surface area contributed by atoms with Crippen LogP contribution in [0.3, 0.4) is 0 Å². The first-order chi connectivity index (χ1) is 15.2. The van der Waals surface area contributed by atoms with Crippen LogP contribution in [0.5, 0.6) is 11.5 Å². The lowest BCUT2D eigenvalue weighted by atomic mass is 10.1. The van der Waals surface area contributed by atoms with Gasteiger partial charge in [0.05, 0.1) is 18.8 Å². The molecular weight excluding hydrogens is 388 g/mol. The number of carbonyl (C=O) groups excluding carboxylic acids is 1. The average molecular weight is 427 g/mol. The molecule has 2 aromatic carbocycles. The van der Waals surface area contributed by atoms with Gasteiger partial charge in [-0.15, -0.1) is 0 Å². The predicted octanol–water partition coefficient (Wildman–Crippen LogP) is 7.52. The molecule has 0 heterocycles. The monoisotopic (exact) mass is 426 g/mol. The summed E-state index contributed by atoms with van der Waals surface area (Å²) in [6, 6.07) is 15.1. The summed E-state index contributed by atoms with van der Waals surface area (Å²) in [5, 5.41) is 0. The number of esters is 1. The SMILES string of the molecule is CCCCCCOc1ccc(C(CC)OC(=O)c2ccc(OCCCCC)cc2)cc1. The molecule has 4 nitrogen and oxygen atoms in total. The molecule has 0 aromatic heterocycles. The van der Waals surface area contributed by atoms with Crippen molar-refractivity contribution in [2.45, 2.75) is 78.2 Å². The minimum absolute atomic E-state index is 0.281. The standard InChI is InChI=1S/C27H38O4/c1-4-7-9-11-21-30-24-16-12-22(13-17-24)26(6-3)31-27(28)23-14-18-25(19-15-23)29-20-10-8-5-2/h12-19,26H,4-11,20-21H2,1-3H3. The van der Waals surface area contributed by atoms with Gasteiger partial charge in [-0.05, 0) is 61.2 Å². The molecule has 0 bridgehead atoms. The Balaban J connectivity index is 1.85. The predicted molar refractivity (Wildman–Crippen MR) is 126 cm³/mol. The molecule has 170 valence electrons. The fourth-order valence-corrected chi connectivity index (χ4v) is 3.31. The van der Waals surface area contributed by atoms with E-state index in [1.54, 1.807) is 12.1 Å². The Hall–Kier alpha value is -2.49. The van der Waals surface area contributed by atoms with Crippen LogP contribution in [0.2, 0.25) is 0 Å². The molecule has 0 N–H and O–H groups in total. The highest BCUT2D eigenvalue weighted by molar-refractivity contribution is 5.89. The summed E-state index contributed by atoms with van der Waals surface area (Å²) in [7, 11) is 0. The highest BCUT2D eigenvalue weighted by Crippen LogP contribution is 2.25. The molecule has 0 aliphatic carbocycles. The molecule has 2 rings (SSSR count). The van der Waals surface area contributed by atoms with Gasteiger partial charge in [0.1, 0.15) is 17.6 Å². The van der Waals surface area contributed by atoms with Gasteiger partial charge in [0.2, 0.25) is 0 Å². The second-order valence-corrected chi connectivity index (χ2v) is 7.86. The van der Waals surface area contributed by atoms with Crippen LogP contribution in [-0.2, 0) is 4.74 Å². The van der Waals surface area contributed by atoms with E-state index >= 15 is 0 Å². The third-order valence-electron chi connectivity index (χ3n) is 5.25. The first-order valence-corrected chi connectivity index (χ1v) is 11.8. The lowest BCUT2D eigenvalue weighted by molar-refractivity contribution is 0.0288. The van der Waals surface area contributed by atoms with E-state index in [1.165, 1.54) is 25.7 Å². The van der Waals surface area contributed by atoms with Gasteiger partial charge in [-0.1, -0.05) is 65.0 Å². The molecule has 0 spiro atoms. The molecule has 1 unspecified atom stereocenters. The third-order valence-corrected chi connectivity index (χ3v) is 5.25. The Labute approximate surface area is 187 Å². The number of ether oxygens (including phenoxy) is 3. The van der Waals surface area contributed by atoms with Crippen LogP contribution in [0.15, 0.2) is 48.5 Å². The zero-order valence-electron chi connectivity index (χ0n) is 19.4. The summed E-state index contributed by atoms with van der Waals surface area (Å²) in [4.78, 5) is 12.6. The molecule has 0 amide bonds. The Morgan fingerprint density at radius 2 is 1.23 bits per heavy atom. The van der Waals surface area contributed by atoms with E-state index in [4.69, 9.17) is 14.2 Å². The second-order valence-electron chi connectivity index (χ2n) is 7.86. The number of carbonyl (C=O) groups is 1. The molecule has 0 aliphatic heterocycles. The molecule has 0 radical (unpaired) electrons. The van der Waals surface area contributed by atoms with Crippen LogP contribution in [0.25, 0.3) is 0 Å². The van der Waals surface area contributed by atoms with Crippen molar-refractivity contribution in [3.63, 3.8) is 0 Å². The van der Waals surface area contributed by atoms with Gasteiger partial charge in [-0.2, -0.15) is 0 Å². The number of benzene rings is 2. The summed E-state index contributed by atoms with van der Waals surface area (Å²) in [6.07, 6.45) is 8.56. The van der Waals surface area contributed by atoms with Crippen molar-refractivity contribution >= 4 is 5.97 Å². The largest absolute Gasteiger partial charge is 0.494 e. The smallest absolute Gasteiger partial charge is 0.338 e. The van der Waals surface area contributed by atoms with E-state index < -0.39 is 0 Å².